The van der Waals surface area contributed by atoms with Crippen LogP contribution in [0.3, 0.4) is 0 Å². The molecule has 0 unspecified atom stereocenters. The van der Waals surface area contributed by atoms with Gasteiger partial charge < -0.3 is 10.0 Å². The third kappa shape index (κ3) is 2.34. The van der Waals surface area contributed by atoms with Crippen molar-refractivity contribution in [2.24, 2.45) is 0 Å². The first kappa shape index (κ1) is 12.1. The Morgan fingerprint density at radius 2 is 2.24 bits per heavy atom. The molecule has 1 aromatic rings. The van der Waals surface area contributed by atoms with Crippen LogP contribution in [0.4, 0.5) is 0 Å². The zero-order valence-corrected chi connectivity index (χ0v) is 10.6. The molecule has 0 fully saturated rings. The number of carboxylic acid groups (broad SMARTS) is 1. The summed E-state index contributed by atoms with van der Waals surface area (Å²) in [4.78, 5) is 13.1. The lowest BCUT2D eigenvalue weighted by Crippen LogP contribution is -2.28. The van der Waals surface area contributed by atoms with Crippen LogP contribution in [0.15, 0.2) is 0 Å². The van der Waals surface area contributed by atoms with Gasteiger partial charge in [-0.3, -0.25) is 9.48 Å². The Labute approximate surface area is 101 Å². The highest BCUT2D eigenvalue weighted by Crippen LogP contribution is 2.26. The number of carboxylic acids is 1. The van der Waals surface area contributed by atoms with Crippen LogP contribution in [-0.2, 0) is 24.3 Å². The lowest BCUT2D eigenvalue weighted by Gasteiger charge is -2.23. The van der Waals surface area contributed by atoms with Crippen molar-refractivity contribution in [3.8, 4) is 0 Å². The number of aliphatic carboxylic acids is 1. The summed E-state index contributed by atoms with van der Waals surface area (Å²) in [5.74, 6) is -0.491. The first-order valence-corrected chi connectivity index (χ1v) is 5.97. The van der Waals surface area contributed by atoms with E-state index in [-0.39, 0.29) is 6.54 Å². The predicted octanol–water partition coefficient (Wildman–Crippen LogP) is 1.08. The summed E-state index contributed by atoms with van der Waals surface area (Å²) in [7, 11) is 2.08. The molecule has 0 saturated heterocycles. The van der Waals surface area contributed by atoms with Crippen LogP contribution >= 0.6 is 0 Å². The van der Waals surface area contributed by atoms with Crippen LogP contribution in [0.25, 0.3) is 0 Å². The standard InChI is InChI=1S/C12H19N3O2/c1-8(2)12-9-6-14(3)5-4-10(9)15(13-12)7-11(16)17/h8H,4-7H2,1-3H3,(H,16,17). The molecule has 1 aliphatic rings. The first-order chi connectivity index (χ1) is 7.99. The number of carbonyl (C=O) groups is 1. The lowest BCUT2D eigenvalue weighted by atomic mass is 10.00. The number of rotatable bonds is 3. The SMILES string of the molecule is CC(C)c1nn(CC(=O)O)c2c1CN(C)CC2. The number of aromatic nitrogens is 2. The first-order valence-electron chi connectivity index (χ1n) is 5.97. The second kappa shape index (κ2) is 4.49. The molecule has 94 valence electrons. The fourth-order valence-electron chi connectivity index (χ4n) is 2.38. The molecule has 17 heavy (non-hydrogen) atoms. The smallest absolute Gasteiger partial charge is 0.325 e. The molecule has 5 heteroatoms. The highest BCUT2D eigenvalue weighted by Gasteiger charge is 2.25. The van der Waals surface area contributed by atoms with Gasteiger partial charge in [0.1, 0.15) is 6.54 Å². The van der Waals surface area contributed by atoms with Gasteiger partial charge >= 0.3 is 5.97 Å². The van der Waals surface area contributed by atoms with Gasteiger partial charge in [-0.2, -0.15) is 5.10 Å². The van der Waals surface area contributed by atoms with E-state index in [0.717, 1.165) is 30.9 Å². The predicted molar refractivity (Wildman–Crippen MR) is 64.0 cm³/mol. The van der Waals surface area contributed by atoms with Gasteiger partial charge in [0.25, 0.3) is 0 Å². The van der Waals surface area contributed by atoms with Crippen LogP contribution in [0.2, 0.25) is 0 Å². The minimum absolute atomic E-state index is 0.0290. The van der Waals surface area contributed by atoms with Crippen LogP contribution < -0.4 is 0 Å². The molecule has 0 aromatic carbocycles. The van der Waals surface area contributed by atoms with Crippen molar-refractivity contribution in [3.05, 3.63) is 17.0 Å². The Kier molecular flexibility index (Phi) is 3.19. The Morgan fingerprint density at radius 3 is 2.82 bits per heavy atom. The van der Waals surface area contributed by atoms with Crippen molar-refractivity contribution < 1.29 is 9.90 Å². The zero-order valence-electron chi connectivity index (χ0n) is 10.6. The second-order valence-electron chi connectivity index (χ2n) is 5.00. The van der Waals surface area contributed by atoms with Crippen LogP contribution in [0, 0.1) is 0 Å². The molecule has 0 radical (unpaired) electrons. The number of fused-ring (bicyclic) bond motifs is 1. The van der Waals surface area contributed by atoms with Crippen molar-refractivity contribution in [1.82, 2.24) is 14.7 Å². The molecule has 2 heterocycles. The Bertz CT molecular complexity index is 437. The molecule has 5 nitrogen and oxygen atoms in total. The molecule has 0 saturated carbocycles. The highest BCUT2D eigenvalue weighted by atomic mass is 16.4. The van der Waals surface area contributed by atoms with Crippen LogP contribution in [-0.4, -0.2) is 39.3 Å². The quantitative estimate of drug-likeness (QED) is 0.854. The largest absolute Gasteiger partial charge is 0.480 e. The van der Waals surface area contributed by atoms with Gasteiger partial charge in [-0.25, -0.2) is 0 Å². The van der Waals surface area contributed by atoms with Gasteiger partial charge in [-0.15, -0.1) is 0 Å². The van der Waals surface area contributed by atoms with E-state index in [2.05, 4.69) is 30.9 Å². The Hall–Kier alpha value is -1.36. The number of hydrogen-bond donors (Lipinski definition) is 1. The lowest BCUT2D eigenvalue weighted by molar-refractivity contribution is -0.137. The van der Waals surface area contributed by atoms with Crippen molar-refractivity contribution in [1.29, 1.82) is 0 Å². The minimum atomic E-state index is -0.829. The normalized spacial score (nSPS) is 16.2. The third-order valence-corrected chi connectivity index (χ3v) is 3.19. The summed E-state index contributed by atoms with van der Waals surface area (Å²) >= 11 is 0. The molecule has 0 bridgehead atoms. The van der Waals surface area contributed by atoms with Gasteiger partial charge in [0, 0.05) is 30.8 Å². The molecule has 1 aromatic heterocycles. The topological polar surface area (TPSA) is 58.4 Å². The highest BCUT2D eigenvalue weighted by molar-refractivity contribution is 5.66. The van der Waals surface area contributed by atoms with Crippen molar-refractivity contribution in [2.45, 2.75) is 39.3 Å². The van der Waals surface area contributed by atoms with E-state index in [1.807, 2.05) is 0 Å². The van der Waals surface area contributed by atoms with Crippen LogP contribution in [0.1, 0.15) is 36.7 Å². The van der Waals surface area contributed by atoms with Gasteiger partial charge in [0.2, 0.25) is 0 Å². The minimum Gasteiger partial charge on any atom is -0.480 e. The van der Waals surface area contributed by atoms with E-state index in [9.17, 15) is 4.79 Å². The summed E-state index contributed by atoms with van der Waals surface area (Å²) in [5.41, 5.74) is 3.39. The van der Waals surface area contributed by atoms with E-state index >= 15 is 0 Å². The van der Waals surface area contributed by atoms with Crippen molar-refractivity contribution >= 4 is 5.97 Å². The zero-order chi connectivity index (χ0) is 12.6. The fourth-order valence-corrected chi connectivity index (χ4v) is 2.38. The third-order valence-electron chi connectivity index (χ3n) is 3.19. The maximum absolute atomic E-state index is 10.8. The summed E-state index contributed by atoms with van der Waals surface area (Å²) in [6.45, 7) is 6.02. The Morgan fingerprint density at radius 1 is 1.53 bits per heavy atom. The van der Waals surface area contributed by atoms with E-state index in [0.29, 0.717) is 5.92 Å². The van der Waals surface area contributed by atoms with Gasteiger partial charge in [0.15, 0.2) is 0 Å². The van der Waals surface area contributed by atoms with E-state index in [1.54, 1.807) is 4.68 Å². The van der Waals surface area contributed by atoms with Crippen LogP contribution in [0.5, 0.6) is 0 Å². The van der Waals surface area contributed by atoms with Crippen molar-refractivity contribution in [2.75, 3.05) is 13.6 Å². The monoisotopic (exact) mass is 237 g/mol. The fraction of sp³-hybridized carbons (Fsp3) is 0.667. The molecule has 2 rings (SSSR count). The molecule has 1 aliphatic heterocycles. The van der Waals surface area contributed by atoms with Gasteiger partial charge in [-0.05, 0) is 13.0 Å². The summed E-state index contributed by atoms with van der Waals surface area (Å²) in [6, 6.07) is 0. The summed E-state index contributed by atoms with van der Waals surface area (Å²) < 4.78 is 1.67. The Balaban J connectivity index is 2.42. The molecule has 1 N–H and O–H groups in total. The second-order valence-corrected chi connectivity index (χ2v) is 5.00. The van der Waals surface area contributed by atoms with E-state index in [1.165, 1.54) is 5.56 Å². The van der Waals surface area contributed by atoms with Gasteiger partial charge in [0.05, 0.1) is 5.69 Å². The molecular weight excluding hydrogens is 218 g/mol. The average Bonchev–Trinajstić information content (AvgIpc) is 2.55. The molecule has 0 spiro atoms. The maximum atomic E-state index is 10.8. The number of hydrogen-bond acceptors (Lipinski definition) is 3. The van der Waals surface area contributed by atoms with Crippen molar-refractivity contribution in [3.63, 3.8) is 0 Å². The molecule has 0 aliphatic carbocycles. The molecule has 0 amide bonds. The molecular formula is C12H19N3O2. The van der Waals surface area contributed by atoms with E-state index in [4.69, 9.17) is 5.11 Å². The summed E-state index contributed by atoms with van der Waals surface area (Å²) in [6.07, 6.45) is 0.888. The average molecular weight is 237 g/mol. The maximum Gasteiger partial charge on any atom is 0.325 e. The molecule has 0 atom stereocenters. The van der Waals surface area contributed by atoms with E-state index < -0.39 is 5.97 Å². The number of likely N-dealkylation sites (N-methyl/N-ethyl adjacent to an activating group) is 1. The van der Waals surface area contributed by atoms with Gasteiger partial charge in [-0.1, -0.05) is 13.8 Å². The number of nitrogens with zero attached hydrogens (tertiary/aromatic N) is 3. The summed E-state index contributed by atoms with van der Waals surface area (Å²) in [5, 5.41) is 13.4.